The summed E-state index contributed by atoms with van der Waals surface area (Å²) < 4.78 is 17.9. The minimum atomic E-state index is -0.249. The summed E-state index contributed by atoms with van der Waals surface area (Å²) in [5.74, 6) is -0.665. The summed E-state index contributed by atoms with van der Waals surface area (Å²) in [6, 6.07) is 4.97. The Bertz CT molecular complexity index is 374. The van der Waals surface area contributed by atoms with Crippen molar-refractivity contribution in [1.82, 2.24) is 0 Å². The number of hydrogen-bond donors (Lipinski definition) is 0. The molecule has 74 valence electrons. The van der Waals surface area contributed by atoms with E-state index in [4.69, 9.17) is 0 Å². The molecule has 0 spiro atoms. The molecule has 2 nitrogen and oxygen atoms in total. The van der Waals surface area contributed by atoms with Gasteiger partial charge in [0, 0.05) is 0 Å². The highest BCUT2D eigenvalue weighted by atomic mass is 19.1. The Morgan fingerprint density at radius 3 is 2.93 bits per heavy atom. The van der Waals surface area contributed by atoms with Gasteiger partial charge < -0.3 is 4.74 Å². The van der Waals surface area contributed by atoms with Crippen molar-refractivity contribution in [2.75, 3.05) is 7.11 Å². The summed E-state index contributed by atoms with van der Waals surface area (Å²) in [5.41, 5.74) is 1.60. The highest BCUT2D eigenvalue weighted by Gasteiger charge is 2.29. The molecular formula is C11H11FO2. The van der Waals surface area contributed by atoms with Gasteiger partial charge in [-0.25, -0.2) is 4.39 Å². The highest BCUT2D eigenvalue weighted by molar-refractivity contribution is 5.74. The second kappa shape index (κ2) is 3.40. The lowest BCUT2D eigenvalue weighted by Gasteiger charge is -2.04. The molecule has 0 fully saturated rings. The van der Waals surface area contributed by atoms with Gasteiger partial charge in [-0.2, -0.15) is 0 Å². The van der Waals surface area contributed by atoms with E-state index in [-0.39, 0.29) is 17.7 Å². The van der Waals surface area contributed by atoms with Crippen molar-refractivity contribution in [3.63, 3.8) is 0 Å². The molecule has 14 heavy (non-hydrogen) atoms. The standard InChI is InChI=1S/C11H11FO2/c1-14-11(13)8-5-7-3-2-4-10(12)9(7)6-8/h2-4,8H,5-6H2,1H3/t8-/m0/s1. The van der Waals surface area contributed by atoms with Crippen molar-refractivity contribution >= 4 is 5.97 Å². The predicted octanol–water partition coefficient (Wildman–Crippen LogP) is 1.71. The maximum atomic E-state index is 13.3. The number of benzene rings is 1. The number of rotatable bonds is 1. The summed E-state index contributed by atoms with van der Waals surface area (Å²) in [5, 5.41) is 0. The maximum absolute atomic E-state index is 13.3. The van der Waals surface area contributed by atoms with Crippen LogP contribution in [0.1, 0.15) is 11.1 Å². The van der Waals surface area contributed by atoms with Crippen LogP contribution in [0.15, 0.2) is 18.2 Å². The Morgan fingerprint density at radius 2 is 2.29 bits per heavy atom. The monoisotopic (exact) mass is 194 g/mol. The number of methoxy groups -OCH3 is 1. The van der Waals surface area contributed by atoms with Crippen LogP contribution in [0.4, 0.5) is 4.39 Å². The van der Waals surface area contributed by atoms with Crippen LogP contribution in [-0.4, -0.2) is 13.1 Å². The minimum absolute atomic E-state index is 0.202. The number of halogens is 1. The zero-order chi connectivity index (χ0) is 10.1. The third-order valence-corrected chi connectivity index (χ3v) is 2.67. The third kappa shape index (κ3) is 1.39. The summed E-state index contributed by atoms with van der Waals surface area (Å²) in [7, 11) is 1.36. The number of hydrogen-bond acceptors (Lipinski definition) is 2. The minimum Gasteiger partial charge on any atom is -0.469 e. The van der Waals surface area contributed by atoms with Crippen LogP contribution in [0.5, 0.6) is 0 Å². The molecule has 0 N–H and O–H groups in total. The summed E-state index contributed by atoms with van der Waals surface area (Å²) in [4.78, 5) is 11.2. The van der Waals surface area contributed by atoms with Crippen molar-refractivity contribution in [2.24, 2.45) is 5.92 Å². The number of esters is 1. The molecule has 1 aromatic rings. The molecule has 3 heteroatoms. The van der Waals surface area contributed by atoms with Crippen molar-refractivity contribution in [3.05, 3.63) is 35.1 Å². The van der Waals surface area contributed by atoms with Crippen molar-refractivity contribution in [2.45, 2.75) is 12.8 Å². The predicted molar refractivity (Wildman–Crippen MR) is 49.3 cm³/mol. The van der Waals surface area contributed by atoms with Gasteiger partial charge in [-0.05, 0) is 30.0 Å². The lowest BCUT2D eigenvalue weighted by Crippen LogP contribution is -2.16. The van der Waals surface area contributed by atoms with E-state index in [2.05, 4.69) is 4.74 Å². The molecule has 2 rings (SSSR count). The summed E-state index contributed by atoms with van der Waals surface area (Å²) >= 11 is 0. The molecule has 0 saturated heterocycles. The first-order chi connectivity index (χ1) is 6.72. The molecule has 1 atom stereocenters. The first kappa shape index (κ1) is 9.19. The van der Waals surface area contributed by atoms with Crippen molar-refractivity contribution in [3.8, 4) is 0 Å². The van der Waals surface area contributed by atoms with Crippen molar-refractivity contribution < 1.29 is 13.9 Å². The van der Waals surface area contributed by atoms with Gasteiger partial charge in [0.05, 0.1) is 13.0 Å². The van der Waals surface area contributed by atoms with Crippen LogP contribution in [0, 0.1) is 11.7 Å². The Kier molecular flexibility index (Phi) is 2.23. The number of carbonyl (C=O) groups is 1. The first-order valence-corrected chi connectivity index (χ1v) is 4.56. The Hall–Kier alpha value is -1.38. The van der Waals surface area contributed by atoms with Crippen LogP contribution >= 0.6 is 0 Å². The lowest BCUT2D eigenvalue weighted by atomic mass is 10.1. The Morgan fingerprint density at radius 1 is 1.50 bits per heavy atom. The summed E-state index contributed by atoms with van der Waals surface area (Å²) in [6.45, 7) is 0. The molecule has 1 aliphatic rings. The van der Waals surface area contributed by atoms with E-state index in [0.29, 0.717) is 18.4 Å². The SMILES string of the molecule is COC(=O)[C@H]1Cc2cccc(F)c2C1. The largest absolute Gasteiger partial charge is 0.469 e. The topological polar surface area (TPSA) is 26.3 Å². The fourth-order valence-corrected chi connectivity index (χ4v) is 1.94. The molecule has 0 heterocycles. The smallest absolute Gasteiger partial charge is 0.309 e. The Balaban J connectivity index is 2.26. The van der Waals surface area contributed by atoms with Crippen LogP contribution in [0.2, 0.25) is 0 Å². The van der Waals surface area contributed by atoms with E-state index < -0.39 is 0 Å². The van der Waals surface area contributed by atoms with Gasteiger partial charge in [0.15, 0.2) is 0 Å². The fourth-order valence-electron chi connectivity index (χ4n) is 1.94. The highest BCUT2D eigenvalue weighted by Crippen LogP contribution is 2.29. The van der Waals surface area contributed by atoms with E-state index in [1.165, 1.54) is 13.2 Å². The van der Waals surface area contributed by atoms with Crippen LogP contribution in [-0.2, 0) is 22.4 Å². The van der Waals surface area contributed by atoms with Crippen LogP contribution in [0.3, 0.4) is 0 Å². The molecular weight excluding hydrogens is 183 g/mol. The van der Waals surface area contributed by atoms with E-state index in [1.807, 2.05) is 6.07 Å². The molecule has 0 aromatic heterocycles. The number of ether oxygens (including phenoxy) is 1. The molecule has 0 unspecified atom stereocenters. The molecule has 1 aromatic carbocycles. The average molecular weight is 194 g/mol. The zero-order valence-corrected chi connectivity index (χ0v) is 7.92. The second-order valence-electron chi connectivity index (χ2n) is 3.51. The quantitative estimate of drug-likeness (QED) is 0.636. The van der Waals surface area contributed by atoms with Gasteiger partial charge in [-0.3, -0.25) is 4.79 Å². The molecule has 0 bridgehead atoms. The first-order valence-electron chi connectivity index (χ1n) is 4.56. The van der Waals surface area contributed by atoms with Crippen LogP contribution in [0.25, 0.3) is 0 Å². The van der Waals surface area contributed by atoms with E-state index in [1.54, 1.807) is 6.07 Å². The molecule has 0 radical (unpaired) electrons. The summed E-state index contributed by atoms with van der Waals surface area (Å²) in [6.07, 6.45) is 1.06. The van der Waals surface area contributed by atoms with Crippen LogP contribution < -0.4 is 0 Å². The normalized spacial score (nSPS) is 19.1. The zero-order valence-electron chi connectivity index (χ0n) is 7.92. The Labute approximate surface area is 81.7 Å². The van der Waals surface area contributed by atoms with E-state index in [9.17, 15) is 9.18 Å². The maximum Gasteiger partial charge on any atom is 0.309 e. The molecule has 0 amide bonds. The van der Waals surface area contributed by atoms with E-state index in [0.717, 1.165) is 5.56 Å². The number of fused-ring (bicyclic) bond motifs is 1. The number of carbonyl (C=O) groups excluding carboxylic acids is 1. The molecule has 0 saturated carbocycles. The van der Waals surface area contributed by atoms with Gasteiger partial charge in [0.1, 0.15) is 5.82 Å². The molecule has 1 aliphatic carbocycles. The lowest BCUT2D eigenvalue weighted by molar-refractivity contribution is -0.145. The fraction of sp³-hybridized carbons (Fsp3) is 0.364. The average Bonchev–Trinajstić information content (AvgIpc) is 2.62. The van der Waals surface area contributed by atoms with E-state index >= 15 is 0 Å². The van der Waals surface area contributed by atoms with Gasteiger partial charge in [0.2, 0.25) is 0 Å². The van der Waals surface area contributed by atoms with Gasteiger partial charge in [-0.1, -0.05) is 12.1 Å². The molecule has 0 aliphatic heterocycles. The van der Waals surface area contributed by atoms with Gasteiger partial charge >= 0.3 is 5.97 Å². The van der Waals surface area contributed by atoms with Crippen molar-refractivity contribution in [1.29, 1.82) is 0 Å². The second-order valence-corrected chi connectivity index (χ2v) is 3.51. The van der Waals surface area contributed by atoms with Gasteiger partial charge in [0.25, 0.3) is 0 Å². The van der Waals surface area contributed by atoms with Gasteiger partial charge in [-0.15, -0.1) is 0 Å². The third-order valence-electron chi connectivity index (χ3n) is 2.67.